The molecule has 8 N–H and O–H groups in total. The highest BCUT2D eigenvalue weighted by atomic mass is 16.7. The average Bonchev–Trinajstić information content (AvgIpc) is 1.22. The Hall–Kier alpha value is -2.19. The van der Waals surface area contributed by atoms with E-state index in [1.807, 2.05) is 0 Å². The monoisotopic (exact) mass is 1270 g/mol. The van der Waals surface area contributed by atoms with Crippen molar-refractivity contribution in [3.63, 3.8) is 0 Å². The lowest BCUT2D eigenvalue weighted by molar-refractivity contribution is -0.303. The van der Waals surface area contributed by atoms with Crippen LogP contribution in [0.3, 0.4) is 0 Å². The number of carbonyl (C=O) groups excluding carboxylic acids is 1. The molecule has 0 bridgehead atoms. The van der Waals surface area contributed by atoms with Crippen LogP contribution >= 0.6 is 0 Å². The molecular formula is C79H147NO10. The van der Waals surface area contributed by atoms with Crippen molar-refractivity contribution < 1.29 is 50.0 Å². The Morgan fingerprint density at radius 3 is 1.06 bits per heavy atom. The molecule has 1 saturated heterocycles. The Kier molecular flexibility index (Phi) is 63.7. The maximum absolute atomic E-state index is 13.3. The number of hydrogen-bond donors (Lipinski definition) is 8. The number of unbranched alkanes of at least 4 members (excludes halogenated alkanes) is 46. The van der Waals surface area contributed by atoms with E-state index in [0.717, 1.165) is 51.4 Å². The van der Waals surface area contributed by atoms with E-state index >= 15 is 0 Å². The predicted molar refractivity (Wildman–Crippen MR) is 381 cm³/mol. The molecule has 1 aliphatic heterocycles. The Balaban J connectivity index is 2.19. The fourth-order valence-electron chi connectivity index (χ4n) is 12.3. The molecule has 1 rings (SSSR count). The van der Waals surface area contributed by atoms with Gasteiger partial charge in [0.15, 0.2) is 6.29 Å². The third kappa shape index (κ3) is 53.1. The number of ether oxygens (including phenoxy) is 2. The van der Waals surface area contributed by atoms with Crippen molar-refractivity contribution in [3.05, 3.63) is 60.8 Å². The minimum absolute atomic E-state index is 0.241. The highest BCUT2D eigenvalue weighted by molar-refractivity contribution is 5.80. The zero-order valence-corrected chi connectivity index (χ0v) is 58.6. The summed E-state index contributed by atoms with van der Waals surface area (Å²) in [6, 6.07) is -1.20. The first-order valence-electron chi connectivity index (χ1n) is 38.7. The highest BCUT2D eigenvalue weighted by Gasteiger charge is 2.44. The van der Waals surface area contributed by atoms with E-state index in [9.17, 15) is 40.5 Å². The van der Waals surface area contributed by atoms with E-state index in [1.165, 1.54) is 270 Å². The van der Waals surface area contributed by atoms with Gasteiger partial charge in [0.2, 0.25) is 5.91 Å². The van der Waals surface area contributed by atoms with E-state index in [4.69, 9.17) is 9.47 Å². The van der Waals surface area contributed by atoms with Crippen LogP contribution < -0.4 is 5.32 Å². The van der Waals surface area contributed by atoms with Crippen molar-refractivity contribution in [2.24, 2.45) is 0 Å². The molecule has 0 aromatic carbocycles. The minimum atomic E-state index is -1.68. The lowest BCUT2D eigenvalue weighted by atomic mass is 9.98. The van der Waals surface area contributed by atoms with Crippen molar-refractivity contribution in [2.45, 2.75) is 422 Å². The summed E-state index contributed by atoms with van der Waals surface area (Å²) in [6.07, 6.45) is 79.0. The standard InChI is InChI=1S/C79H147NO10/c1-3-5-7-9-11-13-15-17-19-21-23-25-27-29-31-33-34-35-36-37-39-41-43-45-47-49-51-53-55-57-59-61-63-65-67-72(83)78(88)80-70(69-89-79-77(87)76(86)75(85)73(68-81)90-79)74(84)71(82)66-64-62-60-58-56-54-52-50-48-46-44-42-40-38-32-30-28-26-24-22-20-18-16-14-12-10-8-6-4-2/h27,29,33-34,42,44,50,52,58,60,70-77,79,81-87H,3-26,28,30-32,35-41,43,45-49,51,53-57,59,61-69H2,1-2H3,(H,80,88)/b29-27-,34-33-,44-42+,52-50+,60-58+. The normalized spacial score (nSPS) is 18.8. The Morgan fingerprint density at radius 1 is 0.389 bits per heavy atom. The number of amides is 1. The van der Waals surface area contributed by atoms with Crippen molar-refractivity contribution in [1.82, 2.24) is 5.32 Å². The molecule has 0 spiro atoms. The number of carbonyl (C=O) groups is 1. The summed E-state index contributed by atoms with van der Waals surface area (Å²) in [5, 5.41) is 76.6. The average molecular weight is 1270 g/mol. The zero-order chi connectivity index (χ0) is 65.3. The van der Waals surface area contributed by atoms with Crippen LogP contribution in [0.2, 0.25) is 0 Å². The first-order chi connectivity index (χ1) is 44.2. The highest BCUT2D eigenvalue weighted by Crippen LogP contribution is 2.24. The van der Waals surface area contributed by atoms with Gasteiger partial charge < -0.3 is 50.5 Å². The summed E-state index contributed by atoms with van der Waals surface area (Å²) in [7, 11) is 0. The number of nitrogens with one attached hydrogen (secondary N) is 1. The Bertz CT molecular complexity index is 1650. The number of aliphatic hydroxyl groups is 7. The van der Waals surface area contributed by atoms with Crippen molar-refractivity contribution in [1.29, 1.82) is 0 Å². The van der Waals surface area contributed by atoms with Gasteiger partial charge in [-0.3, -0.25) is 4.79 Å². The number of hydrogen-bond acceptors (Lipinski definition) is 10. The van der Waals surface area contributed by atoms with Crippen LogP contribution in [0.5, 0.6) is 0 Å². The van der Waals surface area contributed by atoms with E-state index < -0.39 is 74.2 Å². The van der Waals surface area contributed by atoms with Crippen LogP contribution in [0, 0.1) is 0 Å². The number of aliphatic hydroxyl groups excluding tert-OH is 7. The van der Waals surface area contributed by atoms with Gasteiger partial charge in [0, 0.05) is 0 Å². The summed E-state index contributed by atoms with van der Waals surface area (Å²) < 4.78 is 11.2. The molecule has 11 nitrogen and oxygen atoms in total. The van der Waals surface area contributed by atoms with E-state index in [0.29, 0.717) is 19.3 Å². The second-order valence-electron chi connectivity index (χ2n) is 27.0. The van der Waals surface area contributed by atoms with E-state index in [-0.39, 0.29) is 12.8 Å². The SMILES string of the molecule is CCCCCCCCCCCCC/C=C\C/C=C\CCCCCCCCCCCCCCCCCCC(O)C(=O)NC(COC1OC(CO)C(O)C(O)C1O)C(O)C(O)CCC/C=C/CC/C=C/CC/C=C/CCCCCCCCCCCCCCCCCC. The maximum Gasteiger partial charge on any atom is 0.249 e. The molecule has 0 aromatic heterocycles. The van der Waals surface area contributed by atoms with Crippen molar-refractivity contribution >= 4 is 5.91 Å². The molecule has 0 aromatic rings. The van der Waals surface area contributed by atoms with Crippen LogP contribution in [0.25, 0.3) is 0 Å². The van der Waals surface area contributed by atoms with Crippen LogP contribution in [0.4, 0.5) is 0 Å². The van der Waals surface area contributed by atoms with Gasteiger partial charge in [-0.25, -0.2) is 0 Å². The first kappa shape index (κ1) is 85.8. The topological polar surface area (TPSA) is 189 Å². The van der Waals surface area contributed by atoms with E-state index in [1.54, 1.807) is 0 Å². The molecule has 1 fully saturated rings. The molecule has 528 valence electrons. The molecule has 9 unspecified atom stereocenters. The minimum Gasteiger partial charge on any atom is -0.394 e. The van der Waals surface area contributed by atoms with Gasteiger partial charge in [0.25, 0.3) is 0 Å². The third-order valence-electron chi connectivity index (χ3n) is 18.5. The molecule has 0 aliphatic carbocycles. The van der Waals surface area contributed by atoms with Gasteiger partial charge in [-0.1, -0.05) is 331 Å². The number of allylic oxidation sites excluding steroid dienone is 10. The van der Waals surface area contributed by atoms with Gasteiger partial charge in [-0.15, -0.1) is 0 Å². The predicted octanol–water partition coefficient (Wildman–Crippen LogP) is 19.6. The number of rotatable bonds is 68. The molecule has 1 aliphatic rings. The fraction of sp³-hybridized carbons (Fsp3) is 0.861. The van der Waals surface area contributed by atoms with Crippen LogP contribution in [0.15, 0.2) is 60.8 Å². The molecule has 90 heavy (non-hydrogen) atoms. The largest absolute Gasteiger partial charge is 0.394 e. The van der Waals surface area contributed by atoms with Crippen LogP contribution in [0.1, 0.15) is 367 Å². The van der Waals surface area contributed by atoms with Crippen LogP contribution in [-0.4, -0.2) is 110 Å². The molecule has 1 amide bonds. The summed E-state index contributed by atoms with van der Waals surface area (Å²) >= 11 is 0. The summed E-state index contributed by atoms with van der Waals surface area (Å²) in [5.74, 6) is -0.709. The van der Waals surface area contributed by atoms with Gasteiger partial charge in [0.05, 0.1) is 25.4 Å². The van der Waals surface area contributed by atoms with E-state index in [2.05, 4.69) is 79.9 Å². The smallest absolute Gasteiger partial charge is 0.249 e. The Morgan fingerprint density at radius 2 is 0.700 bits per heavy atom. The Labute approximate surface area is 554 Å². The van der Waals surface area contributed by atoms with Crippen molar-refractivity contribution in [3.8, 4) is 0 Å². The van der Waals surface area contributed by atoms with Gasteiger partial charge in [-0.2, -0.15) is 0 Å². The summed E-state index contributed by atoms with van der Waals surface area (Å²) in [6.45, 7) is 3.49. The molecule has 11 heteroatoms. The lowest BCUT2D eigenvalue weighted by Crippen LogP contribution is -2.60. The second-order valence-corrected chi connectivity index (χ2v) is 27.0. The third-order valence-corrected chi connectivity index (χ3v) is 18.5. The molecule has 0 saturated carbocycles. The first-order valence-corrected chi connectivity index (χ1v) is 38.7. The second kappa shape index (κ2) is 66.8. The van der Waals surface area contributed by atoms with Gasteiger partial charge in [0.1, 0.15) is 36.6 Å². The van der Waals surface area contributed by atoms with Crippen LogP contribution in [-0.2, 0) is 14.3 Å². The summed E-state index contributed by atoms with van der Waals surface area (Å²) in [5.41, 5.74) is 0. The molecule has 9 atom stereocenters. The quantitative estimate of drug-likeness (QED) is 0.0215. The van der Waals surface area contributed by atoms with Crippen molar-refractivity contribution in [2.75, 3.05) is 13.2 Å². The lowest BCUT2D eigenvalue weighted by Gasteiger charge is -2.40. The summed E-state index contributed by atoms with van der Waals surface area (Å²) in [4.78, 5) is 13.3. The van der Waals surface area contributed by atoms with Gasteiger partial charge in [-0.05, 0) is 96.3 Å². The molecule has 1 heterocycles. The molecule has 0 radical (unpaired) electrons. The maximum atomic E-state index is 13.3. The zero-order valence-electron chi connectivity index (χ0n) is 58.6. The fourth-order valence-corrected chi connectivity index (χ4v) is 12.3. The molecular weight excluding hydrogens is 1120 g/mol. The van der Waals surface area contributed by atoms with Gasteiger partial charge >= 0.3 is 0 Å².